The average molecular weight is 287 g/mol. The quantitative estimate of drug-likeness (QED) is 0.488. The highest BCUT2D eigenvalue weighted by molar-refractivity contribution is 8.13. The zero-order valence-electron chi connectivity index (χ0n) is 10.9. The molecule has 0 aliphatic heterocycles. The number of nitrogens with zero attached hydrogens (tertiary/aromatic N) is 1. The summed E-state index contributed by atoms with van der Waals surface area (Å²) in [6.45, 7) is 1.99. The number of carbonyl (C=O) groups excluding carboxylic acids is 1. The van der Waals surface area contributed by atoms with Crippen LogP contribution < -0.4 is 0 Å². The lowest BCUT2D eigenvalue weighted by Gasteiger charge is -2.02. The van der Waals surface area contributed by atoms with Crippen LogP contribution in [-0.4, -0.2) is 10.0 Å². The molecule has 20 heavy (non-hydrogen) atoms. The second-order valence-electron chi connectivity index (χ2n) is 4.39. The molecule has 2 rings (SSSR count). The summed E-state index contributed by atoms with van der Waals surface area (Å²) in [5.74, 6) is 0. The average Bonchev–Trinajstić information content (AvgIpc) is 2.42. The molecule has 5 heteroatoms. The van der Waals surface area contributed by atoms with Crippen molar-refractivity contribution in [3.8, 4) is 0 Å². The molecule has 0 aromatic heterocycles. The standard InChI is InChI=1S/C15H13NO3S/c1-11-2-8-14(9-3-11)20-15(17)10-12-4-6-13(7-5-12)16(18)19/h2-9H,10H2,1H3. The van der Waals surface area contributed by atoms with Gasteiger partial charge in [0.05, 0.1) is 4.92 Å². The molecule has 0 aliphatic carbocycles. The van der Waals surface area contributed by atoms with Crippen molar-refractivity contribution in [3.63, 3.8) is 0 Å². The van der Waals surface area contributed by atoms with Gasteiger partial charge < -0.3 is 0 Å². The Labute approximate surface area is 121 Å². The highest BCUT2D eigenvalue weighted by Gasteiger charge is 2.08. The van der Waals surface area contributed by atoms with E-state index in [-0.39, 0.29) is 17.2 Å². The minimum Gasteiger partial charge on any atom is -0.286 e. The predicted molar refractivity (Wildman–Crippen MR) is 78.8 cm³/mol. The van der Waals surface area contributed by atoms with E-state index in [1.165, 1.54) is 23.9 Å². The third kappa shape index (κ3) is 3.93. The molecule has 4 nitrogen and oxygen atoms in total. The van der Waals surface area contributed by atoms with Gasteiger partial charge in [-0.05, 0) is 24.6 Å². The van der Waals surface area contributed by atoms with Gasteiger partial charge in [0, 0.05) is 23.4 Å². The van der Waals surface area contributed by atoms with Gasteiger partial charge >= 0.3 is 0 Å². The molecule has 0 saturated carbocycles. The molecular formula is C15H13NO3S. The highest BCUT2D eigenvalue weighted by atomic mass is 32.2. The minimum atomic E-state index is -0.452. The Morgan fingerprint density at radius 2 is 1.70 bits per heavy atom. The summed E-state index contributed by atoms with van der Waals surface area (Å²) in [5, 5.41) is 10.6. The predicted octanol–water partition coefficient (Wildman–Crippen LogP) is 3.76. The normalized spacial score (nSPS) is 10.2. The van der Waals surface area contributed by atoms with E-state index in [1.807, 2.05) is 31.2 Å². The van der Waals surface area contributed by atoms with E-state index in [4.69, 9.17) is 0 Å². The third-order valence-electron chi connectivity index (χ3n) is 2.75. The maximum absolute atomic E-state index is 11.9. The number of hydrogen-bond acceptors (Lipinski definition) is 4. The maximum Gasteiger partial charge on any atom is 0.269 e. The third-order valence-corrected chi connectivity index (χ3v) is 3.63. The van der Waals surface area contributed by atoms with E-state index in [1.54, 1.807) is 12.1 Å². The Kier molecular flexibility index (Phi) is 4.53. The molecular weight excluding hydrogens is 274 g/mol. The molecule has 102 valence electrons. The molecule has 2 aromatic rings. The van der Waals surface area contributed by atoms with Crippen LogP contribution in [0.1, 0.15) is 11.1 Å². The van der Waals surface area contributed by atoms with Crippen molar-refractivity contribution in [1.29, 1.82) is 0 Å². The van der Waals surface area contributed by atoms with Crippen molar-refractivity contribution in [3.05, 3.63) is 69.8 Å². The van der Waals surface area contributed by atoms with Crippen LogP contribution in [0.15, 0.2) is 53.4 Å². The molecule has 0 aliphatic rings. The number of carbonyl (C=O) groups is 1. The Hall–Kier alpha value is -2.14. The second kappa shape index (κ2) is 6.34. The van der Waals surface area contributed by atoms with E-state index >= 15 is 0 Å². The summed E-state index contributed by atoms with van der Waals surface area (Å²) in [6.07, 6.45) is 0.260. The Balaban J connectivity index is 1.97. The van der Waals surface area contributed by atoms with E-state index in [0.717, 1.165) is 16.0 Å². The fraction of sp³-hybridized carbons (Fsp3) is 0.133. The zero-order chi connectivity index (χ0) is 14.5. The lowest BCUT2D eigenvalue weighted by molar-refractivity contribution is -0.384. The summed E-state index contributed by atoms with van der Waals surface area (Å²) >= 11 is 1.18. The number of hydrogen-bond donors (Lipinski definition) is 0. The van der Waals surface area contributed by atoms with Gasteiger partial charge in [0.25, 0.3) is 5.69 Å². The van der Waals surface area contributed by atoms with Crippen LogP contribution >= 0.6 is 11.8 Å². The zero-order valence-corrected chi connectivity index (χ0v) is 11.7. The second-order valence-corrected chi connectivity index (χ2v) is 5.52. The van der Waals surface area contributed by atoms with Gasteiger partial charge in [0.2, 0.25) is 0 Å². The largest absolute Gasteiger partial charge is 0.286 e. The minimum absolute atomic E-state index is 0.0164. The van der Waals surface area contributed by atoms with Gasteiger partial charge in [0.1, 0.15) is 0 Å². The number of aryl methyl sites for hydroxylation is 1. The highest BCUT2D eigenvalue weighted by Crippen LogP contribution is 2.21. The Bertz CT molecular complexity index is 621. The van der Waals surface area contributed by atoms with Gasteiger partial charge in [-0.25, -0.2) is 0 Å². The topological polar surface area (TPSA) is 60.2 Å². The van der Waals surface area contributed by atoms with Crippen LogP contribution in [0.4, 0.5) is 5.69 Å². The molecule has 2 aromatic carbocycles. The van der Waals surface area contributed by atoms with Crippen LogP contribution in [0.5, 0.6) is 0 Å². The summed E-state index contributed by atoms with van der Waals surface area (Å²) < 4.78 is 0. The van der Waals surface area contributed by atoms with Crippen LogP contribution in [0, 0.1) is 17.0 Å². The fourth-order valence-electron chi connectivity index (χ4n) is 1.68. The van der Waals surface area contributed by atoms with Gasteiger partial charge in [-0.2, -0.15) is 0 Å². The van der Waals surface area contributed by atoms with E-state index in [2.05, 4.69) is 0 Å². The number of nitro groups is 1. The number of thioether (sulfide) groups is 1. The van der Waals surface area contributed by atoms with E-state index in [9.17, 15) is 14.9 Å². The summed E-state index contributed by atoms with van der Waals surface area (Å²) in [5.41, 5.74) is 1.96. The first-order valence-electron chi connectivity index (χ1n) is 6.05. The summed E-state index contributed by atoms with van der Waals surface area (Å²) in [6, 6.07) is 13.8. The monoisotopic (exact) mass is 287 g/mol. The molecule has 0 heterocycles. The molecule has 0 unspecified atom stereocenters. The summed E-state index contributed by atoms with van der Waals surface area (Å²) in [4.78, 5) is 22.9. The van der Waals surface area contributed by atoms with Crippen molar-refractivity contribution in [2.45, 2.75) is 18.2 Å². The van der Waals surface area contributed by atoms with E-state index < -0.39 is 4.92 Å². The Morgan fingerprint density at radius 1 is 1.10 bits per heavy atom. The maximum atomic E-state index is 11.9. The van der Waals surface area contributed by atoms with Crippen LogP contribution in [0.3, 0.4) is 0 Å². The summed E-state index contributed by atoms with van der Waals surface area (Å²) in [7, 11) is 0. The van der Waals surface area contributed by atoms with Gasteiger partial charge in [-0.15, -0.1) is 0 Å². The fourth-order valence-corrected chi connectivity index (χ4v) is 2.45. The van der Waals surface area contributed by atoms with E-state index in [0.29, 0.717) is 0 Å². The van der Waals surface area contributed by atoms with Crippen molar-refractivity contribution in [2.24, 2.45) is 0 Å². The van der Waals surface area contributed by atoms with Crippen molar-refractivity contribution in [2.75, 3.05) is 0 Å². The number of benzene rings is 2. The first kappa shape index (κ1) is 14.3. The number of nitro benzene ring substituents is 1. The Morgan fingerprint density at radius 3 is 2.25 bits per heavy atom. The van der Waals surface area contributed by atoms with Crippen molar-refractivity contribution < 1.29 is 9.72 Å². The molecule has 0 bridgehead atoms. The lowest BCUT2D eigenvalue weighted by atomic mass is 10.1. The molecule has 0 radical (unpaired) electrons. The molecule has 0 N–H and O–H groups in total. The lowest BCUT2D eigenvalue weighted by Crippen LogP contribution is -1.97. The van der Waals surface area contributed by atoms with Gasteiger partial charge in [-0.1, -0.05) is 41.6 Å². The molecule has 0 saturated heterocycles. The number of non-ortho nitro benzene ring substituents is 1. The molecule has 0 spiro atoms. The van der Waals surface area contributed by atoms with Gasteiger partial charge in [-0.3, -0.25) is 14.9 Å². The molecule has 0 atom stereocenters. The van der Waals surface area contributed by atoms with Crippen molar-refractivity contribution >= 4 is 22.6 Å². The number of rotatable bonds is 4. The van der Waals surface area contributed by atoms with Gasteiger partial charge in [0.15, 0.2) is 5.12 Å². The first-order valence-corrected chi connectivity index (χ1v) is 6.87. The van der Waals surface area contributed by atoms with Crippen LogP contribution in [0.25, 0.3) is 0 Å². The smallest absolute Gasteiger partial charge is 0.269 e. The van der Waals surface area contributed by atoms with Crippen molar-refractivity contribution in [1.82, 2.24) is 0 Å². The molecule has 0 amide bonds. The first-order chi connectivity index (χ1) is 9.54. The van der Waals surface area contributed by atoms with Crippen LogP contribution in [-0.2, 0) is 11.2 Å². The molecule has 0 fully saturated rings. The SMILES string of the molecule is Cc1ccc(SC(=O)Cc2ccc([N+](=O)[O-])cc2)cc1. The van der Waals surface area contributed by atoms with Crippen LogP contribution in [0.2, 0.25) is 0 Å².